The fraction of sp³-hybridized carbons (Fsp3) is 0.333. The van der Waals surface area contributed by atoms with E-state index in [2.05, 4.69) is 28.9 Å². The third kappa shape index (κ3) is 5.95. The third-order valence-corrected chi connectivity index (χ3v) is 5.07. The van der Waals surface area contributed by atoms with Crippen molar-refractivity contribution in [3.05, 3.63) is 59.9 Å². The number of hydrogen-bond donors (Lipinski definition) is 2. The highest BCUT2D eigenvalue weighted by molar-refractivity contribution is 7.89. The lowest BCUT2D eigenvalue weighted by atomic mass is 10.1. The van der Waals surface area contributed by atoms with Crippen molar-refractivity contribution in [3.8, 4) is 0 Å². The molecule has 1 amide bonds. The van der Waals surface area contributed by atoms with Gasteiger partial charge in [-0.3, -0.25) is 9.78 Å². The largest absolute Gasteiger partial charge is 0.352 e. The lowest BCUT2D eigenvalue weighted by molar-refractivity contribution is 0.0952. The van der Waals surface area contributed by atoms with Crippen LogP contribution in [-0.2, 0) is 16.6 Å². The van der Waals surface area contributed by atoms with Gasteiger partial charge in [0.05, 0.1) is 4.90 Å². The number of nitrogens with zero attached hydrogens (tertiary/aromatic N) is 1. The van der Waals surface area contributed by atoms with Gasteiger partial charge in [0.1, 0.15) is 0 Å². The number of sulfonamides is 1. The molecule has 1 aromatic heterocycles. The Morgan fingerprint density at radius 3 is 2.32 bits per heavy atom. The molecule has 1 heterocycles. The Morgan fingerprint density at radius 2 is 1.72 bits per heavy atom. The summed E-state index contributed by atoms with van der Waals surface area (Å²) in [6.45, 7) is 4.96. The Hall–Kier alpha value is -2.25. The van der Waals surface area contributed by atoms with Gasteiger partial charge < -0.3 is 5.32 Å². The summed E-state index contributed by atoms with van der Waals surface area (Å²) in [5.74, 6) is 0.314. The molecule has 25 heavy (non-hydrogen) atoms. The number of carbonyl (C=O) groups is 1. The van der Waals surface area contributed by atoms with E-state index in [0.717, 1.165) is 12.0 Å². The van der Waals surface area contributed by atoms with Crippen molar-refractivity contribution in [1.82, 2.24) is 15.0 Å². The average molecular weight is 361 g/mol. The van der Waals surface area contributed by atoms with E-state index in [1.54, 1.807) is 24.5 Å². The molecule has 2 aromatic rings. The second kappa shape index (κ2) is 8.73. The summed E-state index contributed by atoms with van der Waals surface area (Å²) in [4.78, 5) is 16.0. The standard InChI is InChI=1S/C18H23N3O3S/c1-14(2)7-12-20-18(22)16-3-5-17(6-4-16)25(23,24)21-13-15-8-10-19-11-9-15/h3-6,8-11,14,21H,7,12-13H2,1-2H3,(H,20,22). The number of pyridine rings is 1. The first-order chi connectivity index (χ1) is 11.9. The molecule has 0 bridgehead atoms. The zero-order valence-corrected chi connectivity index (χ0v) is 15.2. The highest BCUT2D eigenvalue weighted by atomic mass is 32.2. The molecule has 0 aliphatic rings. The van der Waals surface area contributed by atoms with E-state index in [9.17, 15) is 13.2 Å². The minimum Gasteiger partial charge on any atom is -0.352 e. The first kappa shape index (κ1) is 19.1. The molecule has 0 aliphatic heterocycles. The summed E-state index contributed by atoms with van der Waals surface area (Å²) in [5.41, 5.74) is 1.26. The van der Waals surface area contributed by atoms with Crippen LogP contribution in [0.3, 0.4) is 0 Å². The predicted octanol–water partition coefficient (Wildman–Crippen LogP) is 2.34. The number of nitrogens with one attached hydrogen (secondary N) is 2. The molecule has 0 aliphatic carbocycles. The van der Waals surface area contributed by atoms with E-state index >= 15 is 0 Å². The minimum atomic E-state index is -3.63. The monoisotopic (exact) mass is 361 g/mol. The SMILES string of the molecule is CC(C)CCNC(=O)c1ccc(S(=O)(=O)NCc2ccncc2)cc1. The number of amides is 1. The summed E-state index contributed by atoms with van der Waals surface area (Å²) < 4.78 is 27.1. The topological polar surface area (TPSA) is 88.2 Å². The maximum atomic E-state index is 12.3. The predicted molar refractivity (Wildman–Crippen MR) is 96.5 cm³/mol. The van der Waals surface area contributed by atoms with E-state index in [-0.39, 0.29) is 17.3 Å². The van der Waals surface area contributed by atoms with E-state index in [1.165, 1.54) is 24.3 Å². The Morgan fingerprint density at radius 1 is 1.08 bits per heavy atom. The van der Waals surface area contributed by atoms with Crippen LogP contribution < -0.4 is 10.0 Å². The van der Waals surface area contributed by atoms with Crippen LogP contribution in [0.4, 0.5) is 0 Å². The number of benzene rings is 1. The number of aromatic nitrogens is 1. The first-order valence-corrected chi connectivity index (χ1v) is 9.63. The second-order valence-electron chi connectivity index (χ2n) is 6.14. The fourth-order valence-electron chi connectivity index (χ4n) is 2.12. The summed E-state index contributed by atoms with van der Waals surface area (Å²) in [6, 6.07) is 9.40. The Bertz CT molecular complexity index is 788. The van der Waals surface area contributed by atoms with Crippen molar-refractivity contribution in [3.63, 3.8) is 0 Å². The minimum absolute atomic E-state index is 0.125. The van der Waals surface area contributed by atoms with Gasteiger partial charge in [-0.2, -0.15) is 0 Å². The molecule has 0 spiro atoms. The van der Waals surface area contributed by atoms with Crippen molar-refractivity contribution in [2.24, 2.45) is 5.92 Å². The Kier molecular flexibility index (Phi) is 6.66. The van der Waals surface area contributed by atoms with Crippen LogP contribution in [0.2, 0.25) is 0 Å². The van der Waals surface area contributed by atoms with Gasteiger partial charge in [0.2, 0.25) is 10.0 Å². The maximum Gasteiger partial charge on any atom is 0.251 e. The van der Waals surface area contributed by atoms with Crippen molar-refractivity contribution in [2.75, 3.05) is 6.54 Å². The molecular formula is C18H23N3O3S. The van der Waals surface area contributed by atoms with Gasteiger partial charge in [-0.25, -0.2) is 13.1 Å². The first-order valence-electron chi connectivity index (χ1n) is 8.15. The molecule has 0 unspecified atom stereocenters. The smallest absolute Gasteiger partial charge is 0.251 e. The molecule has 0 radical (unpaired) electrons. The molecule has 2 N–H and O–H groups in total. The Balaban J connectivity index is 1.97. The van der Waals surface area contributed by atoms with Gasteiger partial charge in [-0.05, 0) is 54.3 Å². The van der Waals surface area contributed by atoms with Crippen LogP contribution in [-0.4, -0.2) is 25.9 Å². The lowest BCUT2D eigenvalue weighted by Gasteiger charge is -2.09. The molecule has 7 heteroatoms. The Labute approximate surface area is 148 Å². The summed E-state index contributed by atoms with van der Waals surface area (Å²) in [7, 11) is -3.63. The van der Waals surface area contributed by atoms with Crippen LogP contribution >= 0.6 is 0 Å². The number of rotatable bonds is 8. The number of hydrogen-bond acceptors (Lipinski definition) is 4. The fourth-order valence-corrected chi connectivity index (χ4v) is 3.14. The van der Waals surface area contributed by atoms with Gasteiger partial charge in [0.15, 0.2) is 0 Å². The molecule has 0 atom stereocenters. The average Bonchev–Trinajstić information content (AvgIpc) is 2.61. The number of carbonyl (C=O) groups excluding carboxylic acids is 1. The molecule has 1 aromatic carbocycles. The maximum absolute atomic E-state index is 12.3. The molecule has 0 saturated heterocycles. The van der Waals surface area contributed by atoms with Crippen molar-refractivity contribution >= 4 is 15.9 Å². The highest BCUT2D eigenvalue weighted by Gasteiger charge is 2.14. The van der Waals surface area contributed by atoms with E-state index in [4.69, 9.17) is 0 Å². The summed E-state index contributed by atoms with van der Waals surface area (Å²) in [5, 5.41) is 2.83. The molecule has 134 valence electrons. The van der Waals surface area contributed by atoms with Gasteiger partial charge in [0, 0.05) is 31.0 Å². The summed E-state index contributed by atoms with van der Waals surface area (Å²) in [6.07, 6.45) is 4.11. The molecule has 2 rings (SSSR count). The molecule has 0 saturated carbocycles. The van der Waals surface area contributed by atoms with Crippen LogP contribution in [0.25, 0.3) is 0 Å². The van der Waals surface area contributed by atoms with E-state index < -0.39 is 10.0 Å². The van der Waals surface area contributed by atoms with Crippen molar-refractivity contribution in [1.29, 1.82) is 0 Å². The van der Waals surface area contributed by atoms with E-state index in [1.807, 2.05) is 0 Å². The highest BCUT2D eigenvalue weighted by Crippen LogP contribution is 2.11. The van der Waals surface area contributed by atoms with Gasteiger partial charge in [-0.15, -0.1) is 0 Å². The van der Waals surface area contributed by atoms with Crippen LogP contribution in [0.15, 0.2) is 53.7 Å². The van der Waals surface area contributed by atoms with Gasteiger partial charge in [0.25, 0.3) is 5.91 Å². The van der Waals surface area contributed by atoms with Gasteiger partial charge >= 0.3 is 0 Å². The van der Waals surface area contributed by atoms with Crippen molar-refractivity contribution in [2.45, 2.75) is 31.7 Å². The lowest BCUT2D eigenvalue weighted by Crippen LogP contribution is -2.26. The second-order valence-corrected chi connectivity index (χ2v) is 7.91. The van der Waals surface area contributed by atoms with Crippen molar-refractivity contribution < 1.29 is 13.2 Å². The summed E-state index contributed by atoms with van der Waals surface area (Å²) >= 11 is 0. The molecule has 0 fully saturated rings. The van der Waals surface area contributed by atoms with Crippen LogP contribution in [0, 0.1) is 5.92 Å². The quantitative estimate of drug-likeness (QED) is 0.755. The third-order valence-electron chi connectivity index (χ3n) is 3.65. The molecular weight excluding hydrogens is 338 g/mol. The zero-order chi connectivity index (χ0) is 18.3. The molecule has 6 nitrogen and oxygen atoms in total. The zero-order valence-electron chi connectivity index (χ0n) is 14.4. The van der Waals surface area contributed by atoms with Crippen LogP contribution in [0.1, 0.15) is 36.2 Å². The van der Waals surface area contributed by atoms with E-state index in [0.29, 0.717) is 18.0 Å². The van der Waals surface area contributed by atoms with Gasteiger partial charge in [-0.1, -0.05) is 13.8 Å². The van der Waals surface area contributed by atoms with Crippen LogP contribution in [0.5, 0.6) is 0 Å². The normalized spacial score (nSPS) is 11.5.